The number of carbonyl (C=O) groups excluding carboxylic acids is 3. The van der Waals surface area contributed by atoms with Crippen molar-refractivity contribution in [2.45, 2.75) is 84.3 Å². The first-order chi connectivity index (χ1) is 16.3. The molecule has 0 aliphatic rings. The van der Waals surface area contributed by atoms with Gasteiger partial charge in [-0.05, 0) is 27.2 Å². The first kappa shape index (κ1) is 30.1. The Morgan fingerprint density at radius 3 is 1.94 bits per heavy atom. The molecule has 198 valence electrons. The minimum absolute atomic E-state index is 0.0739. The van der Waals surface area contributed by atoms with Crippen LogP contribution in [0.4, 0.5) is 26.7 Å². The molecule has 1 atom stereocenters. The van der Waals surface area contributed by atoms with Crippen LogP contribution in [0, 0.1) is 29.1 Å². The smallest absolute Gasteiger partial charge is 0.407 e. The molecule has 1 rings (SSSR count). The molecule has 0 heterocycles. The van der Waals surface area contributed by atoms with Gasteiger partial charge >= 0.3 is 18.0 Å². The fourth-order valence-corrected chi connectivity index (χ4v) is 2.78. The second kappa shape index (κ2) is 13.8. The van der Waals surface area contributed by atoms with Crippen molar-refractivity contribution in [3.8, 4) is 5.75 Å². The number of esters is 2. The van der Waals surface area contributed by atoms with Crippen molar-refractivity contribution in [2.75, 3.05) is 6.54 Å². The van der Waals surface area contributed by atoms with Crippen LogP contribution in [0.1, 0.15) is 72.6 Å². The summed E-state index contributed by atoms with van der Waals surface area (Å²) < 4.78 is 82.3. The number of halogens is 5. The monoisotopic (exact) mass is 511 g/mol. The Kier molecular flexibility index (Phi) is 11.9. The highest BCUT2D eigenvalue weighted by Crippen LogP contribution is 2.29. The molecule has 7 nitrogen and oxygen atoms in total. The summed E-state index contributed by atoms with van der Waals surface area (Å²) in [5, 5.41) is 2.30. The number of alkyl carbamates (subject to hydrolysis) is 1. The molecule has 0 aliphatic heterocycles. The molecule has 0 unspecified atom stereocenters. The van der Waals surface area contributed by atoms with Gasteiger partial charge in [-0.2, -0.15) is 8.78 Å². The number of carbonyl (C=O) groups is 3. The minimum Gasteiger partial charge on any atom is -0.450 e. The Labute approximate surface area is 200 Å². The van der Waals surface area contributed by atoms with E-state index >= 15 is 0 Å². The van der Waals surface area contributed by atoms with Gasteiger partial charge in [0.2, 0.25) is 40.9 Å². The van der Waals surface area contributed by atoms with E-state index in [1.165, 1.54) is 0 Å². The van der Waals surface area contributed by atoms with Crippen molar-refractivity contribution in [3.05, 3.63) is 29.1 Å². The summed E-state index contributed by atoms with van der Waals surface area (Å²) >= 11 is 0. The lowest BCUT2D eigenvalue weighted by Crippen LogP contribution is -2.38. The molecule has 0 aromatic heterocycles. The Hall–Kier alpha value is -2.92. The van der Waals surface area contributed by atoms with Crippen LogP contribution in [0.15, 0.2) is 0 Å². The molecule has 12 heteroatoms. The minimum atomic E-state index is -2.42. The molecule has 1 N–H and O–H groups in total. The highest BCUT2D eigenvalue weighted by molar-refractivity contribution is 5.81. The lowest BCUT2D eigenvalue weighted by atomic mass is 10.1. The standard InChI is InChI=1S/C23H30F5NO6/c1-5-6-7-8-9-10-14(30)33-13(11-12-29-22(32)35-23(2,3)4)21(31)34-20-18(27)16(25)15(24)17(26)19(20)28/h13H,5-12H2,1-4H3,(H,29,32)/t13-/m0/s1. The molecule has 35 heavy (non-hydrogen) atoms. The second-order valence-corrected chi connectivity index (χ2v) is 8.68. The number of amides is 1. The molecular formula is C23H30F5NO6. The van der Waals surface area contributed by atoms with E-state index in [1.807, 2.05) is 6.92 Å². The summed E-state index contributed by atoms with van der Waals surface area (Å²) in [5.74, 6) is -16.0. The zero-order valence-corrected chi connectivity index (χ0v) is 20.1. The van der Waals surface area contributed by atoms with Crippen molar-refractivity contribution in [1.82, 2.24) is 5.32 Å². The molecule has 0 spiro atoms. The van der Waals surface area contributed by atoms with E-state index in [4.69, 9.17) is 9.47 Å². The average Bonchev–Trinajstić information content (AvgIpc) is 2.77. The van der Waals surface area contributed by atoms with Gasteiger partial charge in [-0.3, -0.25) is 4.79 Å². The third kappa shape index (κ3) is 10.1. The fraction of sp³-hybridized carbons (Fsp3) is 0.609. The SMILES string of the molecule is CCCCCCCC(=O)O[C@@H](CCNC(=O)OC(C)(C)C)C(=O)Oc1c(F)c(F)c(F)c(F)c1F. The number of nitrogens with one attached hydrogen (secondary N) is 1. The van der Waals surface area contributed by atoms with Crippen LogP contribution >= 0.6 is 0 Å². The maximum absolute atomic E-state index is 13.9. The van der Waals surface area contributed by atoms with Gasteiger partial charge in [0.05, 0.1) is 0 Å². The molecule has 0 radical (unpaired) electrons. The lowest BCUT2D eigenvalue weighted by Gasteiger charge is -2.21. The van der Waals surface area contributed by atoms with Gasteiger partial charge in [-0.25, -0.2) is 22.8 Å². The zero-order valence-electron chi connectivity index (χ0n) is 20.1. The third-order valence-corrected chi connectivity index (χ3v) is 4.47. The fourth-order valence-electron chi connectivity index (χ4n) is 2.78. The van der Waals surface area contributed by atoms with Crippen LogP contribution in [-0.2, 0) is 19.1 Å². The summed E-state index contributed by atoms with van der Waals surface area (Å²) in [5.41, 5.74) is -0.821. The predicted octanol–water partition coefficient (Wildman–Crippen LogP) is 5.47. The summed E-state index contributed by atoms with van der Waals surface area (Å²) in [6, 6.07) is 0. The normalized spacial score (nSPS) is 12.1. The molecule has 0 saturated heterocycles. The van der Waals surface area contributed by atoms with Crippen LogP contribution < -0.4 is 10.1 Å². The zero-order chi connectivity index (χ0) is 26.8. The molecular weight excluding hydrogens is 481 g/mol. The molecule has 1 aromatic rings. The topological polar surface area (TPSA) is 90.9 Å². The first-order valence-electron chi connectivity index (χ1n) is 11.2. The lowest BCUT2D eigenvalue weighted by molar-refractivity contribution is -0.163. The van der Waals surface area contributed by atoms with Gasteiger partial charge in [-0.15, -0.1) is 0 Å². The number of hydrogen-bond donors (Lipinski definition) is 1. The van der Waals surface area contributed by atoms with Gasteiger partial charge in [0.1, 0.15) is 5.60 Å². The van der Waals surface area contributed by atoms with E-state index < -0.39 is 71.0 Å². The van der Waals surface area contributed by atoms with Gasteiger partial charge in [-0.1, -0.05) is 32.6 Å². The number of rotatable bonds is 12. The summed E-state index contributed by atoms with van der Waals surface area (Å²) in [4.78, 5) is 36.4. The molecule has 1 amide bonds. The van der Waals surface area contributed by atoms with Crippen LogP contribution in [0.2, 0.25) is 0 Å². The number of benzene rings is 1. The van der Waals surface area contributed by atoms with Gasteiger partial charge in [0.25, 0.3) is 0 Å². The maximum Gasteiger partial charge on any atom is 0.407 e. The van der Waals surface area contributed by atoms with Crippen LogP contribution in [0.25, 0.3) is 0 Å². The van der Waals surface area contributed by atoms with E-state index in [-0.39, 0.29) is 13.0 Å². The largest absolute Gasteiger partial charge is 0.450 e. The van der Waals surface area contributed by atoms with Crippen LogP contribution in [-0.4, -0.2) is 36.3 Å². The highest BCUT2D eigenvalue weighted by Gasteiger charge is 2.32. The number of unbranched alkanes of at least 4 members (excludes halogenated alkanes) is 4. The van der Waals surface area contributed by atoms with E-state index in [0.29, 0.717) is 6.42 Å². The van der Waals surface area contributed by atoms with Gasteiger partial charge in [0.15, 0.2) is 0 Å². The van der Waals surface area contributed by atoms with Crippen molar-refractivity contribution < 1.29 is 50.5 Å². The summed E-state index contributed by atoms with van der Waals surface area (Å²) in [6.07, 6.45) is 0.870. The number of ether oxygens (including phenoxy) is 3. The molecule has 0 aliphatic carbocycles. The van der Waals surface area contributed by atoms with Crippen molar-refractivity contribution in [3.63, 3.8) is 0 Å². The van der Waals surface area contributed by atoms with Crippen molar-refractivity contribution in [1.29, 1.82) is 0 Å². The average molecular weight is 511 g/mol. The van der Waals surface area contributed by atoms with E-state index in [9.17, 15) is 36.3 Å². The summed E-state index contributed by atoms with van der Waals surface area (Å²) in [6.45, 7) is 6.55. The van der Waals surface area contributed by atoms with E-state index in [2.05, 4.69) is 10.1 Å². The molecule has 0 bridgehead atoms. The van der Waals surface area contributed by atoms with Crippen molar-refractivity contribution in [2.24, 2.45) is 0 Å². The second-order valence-electron chi connectivity index (χ2n) is 8.68. The van der Waals surface area contributed by atoms with Gasteiger partial charge in [0, 0.05) is 19.4 Å². The Balaban J connectivity index is 2.92. The Morgan fingerprint density at radius 2 is 1.40 bits per heavy atom. The number of hydrogen-bond acceptors (Lipinski definition) is 6. The van der Waals surface area contributed by atoms with Gasteiger partial charge < -0.3 is 19.5 Å². The Morgan fingerprint density at radius 1 is 0.857 bits per heavy atom. The molecule has 0 fully saturated rings. The van der Waals surface area contributed by atoms with Crippen LogP contribution in [0.5, 0.6) is 5.75 Å². The van der Waals surface area contributed by atoms with Crippen LogP contribution in [0.3, 0.4) is 0 Å². The maximum atomic E-state index is 13.9. The molecule has 1 aromatic carbocycles. The first-order valence-corrected chi connectivity index (χ1v) is 11.2. The van der Waals surface area contributed by atoms with E-state index in [1.54, 1.807) is 20.8 Å². The molecule has 0 saturated carbocycles. The third-order valence-electron chi connectivity index (χ3n) is 4.47. The van der Waals surface area contributed by atoms with E-state index in [0.717, 1.165) is 25.7 Å². The summed E-state index contributed by atoms with van der Waals surface area (Å²) in [7, 11) is 0. The van der Waals surface area contributed by atoms with Crippen molar-refractivity contribution >= 4 is 18.0 Å². The highest BCUT2D eigenvalue weighted by atomic mass is 19.2. The quantitative estimate of drug-likeness (QED) is 0.0999. The predicted molar refractivity (Wildman–Crippen MR) is 114 cm³/mol. The Bertz CT molecular complexity index is 874.